The molecular formula is C28H33N5O5. The molecule has 2 aromatic carbocycles. The minimum absolute atomic E-state index is 0.107. The third-order valence-corrected chi connectivity index (χ3v) is 6.76. The number of carboxylic acid groups (broad SMARTS) is 1. The van der Waals surface area contributed by atoms with Crippen LogP contribution in [0.25, 0.3) is 10.9 Å². The van der Waals surface area contributed by atoms with Gasteiger partial charge >= 0.3 is 5.97 Å². The molecule has 4 unspecified atom stereocenters. The molecule has 200 valence electrons. The molecule has 2 heterocycles. The van der Waals surface area contributed by atoms with Crippen molar-refractivity contribution in [3.05, 3.63) is 71.9 Å². The van der Waals surface area contributed by atoms with Crippen molar-refractivity contribution < 1.29 is 24.3 Å². The number of hydrogen-bond acceptors (Lipinski definition) is 5. The smallest absolute Gasteiger partial charge is 0.326 e. The quantitative estimate of drug-likeness (QED) is 0.224. The second-order valence-corrected chi connectivity index (χ2v) is 9.59. The van der Waals surface area contributed by atoms with Crippen LogP contribution in [-0.2, 0) is 32.0 Å². The van der Waals surface area contributed by atoms with Crippen LogP contribution in [0.15, 0.2) is 60.8 Å². The van der Waals surface area contributed by atoms with E-state index in [1.54, 1.807) is 24.3 Å². The van der Waals surface area contributed by atoms with Gasteiger partial charge in [0.15, 0.2) is 0 Å². The molecular weight excluding hydrogens is 486 g/mol. The van der Waals surface area contributed by atoms with Gasteiger partial charge in [-0.05, 0) is 43.5 Å². The first-order chi connectivity index (χ1) is 18.3. The maximum absolute atomic E-state index is 13.3. The van der Waals surface area contributed by atoms with E-state index in [0.717, 1.165) is 35.0 Å². The van der Waals surface area contributed by atoms with Crippen molar-refractivity contribution in [2.45, 2.75) is 56.8 Å². The number of aliphatic carboxylic acids is 1. The summed E-state index contributed by atoms with van der Waals surface area (Å²) >= 11 is 0. The van der Waals surface area contributed by atoms with Crippen LogP contribution in [0.2, 0.25) is 0 Å². The van der Waals surface area contributed by atoms with Crippen LogP contribution in [0.4, 0.5) is 0 Å². The van der Waals surface area contributed by atoms with Gasteiger partial charge in [0.25, 0.3) is 0 Å². The molecule has 0 radical (unpaired) electrons. The highest BCUT2D eigenvalue weighted by Gasteiger charge is 2.30. The third-order valence-electron chi connectivity index (χ3n) is 6.76. The molecule has 0 aliphatic carbocycles. The van der Waals surface area contributed by atoms with E-state index in [1.807, 2.05) is 36.5 Å². The molecule has 3 aromatic rings. The van der Waals surface area contributed by atoms with Crippen molar-refractivity contribution in [1.82, 2.24) is 26.3 Å². The summed E-state index contributed by atoms with van der Waals surface area (Å²) in [4.78, 5) is 54.0. The molecule has 0 spiro atoms. The number of carboxylic acids is 1. The summed E-state index contributed by atoms with van der Waals surface area (Å²) < 4.78 is 0. The highest BCUT2D eigenvalue weighted by Crippen LogP contribution is 2.19. The average molecular weight is 520 g/mol. The number of fused-ring (bicyclic) bond motifs is 1. The number of para-hydroxylation sites is 1. The van der Waals surface area contributed by atoms with Crippen LogP contribution in [0.1, 0.15) is 30.9 Å². The fraction of sp³-hybridized carbons (Fsp3) is 0.357. The predicted molar refractivity (Wildman–Crippen MR) is 142 cm³/mol. The van der Waals surface area contributed by atoms with E-state index in [-0.39, 0.29) is 24.8 Å². The number of amides is 3. The van der Waals surface area contributed by atoms with Crippen LogP contribution >= 0.6 is 0 Å². The van der Waals surface area contributed by atoms with Crippen LogP contribution in [0.5, 0.6) is 0 Å². The van der Waals surface area contributed by atoms with Crippen molar-refractivity contribution in [2.75, 3.05) is 6.54 Å². The molecule has 10 nitrogen and oxygen atoms in total. The Kier molecular flexibility index (Phi) is 8.75. The Balaban J connectivity index is 1.44. The number of carbonyl (C=O) groups excluding carboxylic acids is 3. The van der Waals surface area contributed by atoms with Gasteiger partial charge in [-0.2, -0.15) is 0 Å². The predicted octanol–water partition coefficient (Wildman–Crippen LogP) is 1.26. The molecule has 6 N–H and O–H groups in total. The summed E-state index contributed by atoms with van der Waals surface area (Å²) in [5, 5.41) is 21.7. The van der Waals surface area contributed by atoms with Crippen molar-refractivity contribution in [2.24, 2.45) is 0 Å². The first-order valence-corrected chi connectivity index (χ1v) is 12.8. The number of aromatic amines is 1. The van der Waals surface area contributed by atoms with E-state index in [0.29, 0.717) is 6.42 Å². The van der Waals surface area contributed by atoms with Crippen molar-refractivity contribution in [3.63, 3.8) is 0 Å². The van der Waals surface area contributed by atoms with Gasteiger partial charge < -0.3 is 31.4 Å². The van der Waals surface area contributed by atoms with Gasteiger partial charge in [-0.3, -0.25) is 14.4 Å². The maximum atomic E-state index is 13.3. The van der Waals surface area contributed by atoms with Crippen molar-refractivity contribution in [3.8, 4) is 0 Å². The van der Waals surface area contributed by atoms with E-state index in [1.165, 1.54) is 6.92 Å². The molecule has 4 atom stereocenters. The Morgan fingerprint density at radius 3 is 2.37 bits per heavy atom. The normalized spacial score (nSPS) is 17.3. The second-order valence-electron chi connectivity index (χ2n) is 9.59. The molecule has 1 aliphatic rings. The zero-order valence-corrected chi connectivity index (χ0v) is 21.2. The van der Waals surface area contributed by atoms with E-state index >= 15 is 0 Å². The average Bonchev–Trinajstić information content (AvgIpc) is 3.59. The number of H-pyrrole nitrogens is 1. The molecule has 1 fully saturated rings. The van der Waals surface area contributed by atoms with E-state index in [9.17, 15) is 24.3 Å². The summed E-state index contributed by atoms with van der Waals surface area (Å²) in [6, 6.07) is 13.2. The Bertz CT molecular complexity index is 1290. The Hall–Kier alpha value is -4.18. The number of rotatable bonds is 11. The summed E-state index contributed by atoms with van der Waals surface area (Å²) in [5.41, 5.74) is 2.53. The van der Waals surface area contributed by atoms with Crippen LogP contribution in [-0.4, -0.2) is 64.5 Å². The molecule has 0 saturated carbocycles. The Labute approximate surface area is 220 Å². The zero-order valence-electron chi connectivity index (χ0n) is 21.2. The lowest BCUT2D eigenvalue weighted by Crippen LogP contribution is -2.57. The second kappa shape index (κ2) is 12.4. The first kappa shape index (κ1) is 26.9. The van der Waals surface area contributed by atoms with E-state index in [4.69, 9.17) is 0 Å². The molecule has 0 bridgehead atoms. The topological polar surface area (TPSA) is 152 Å². The van der Waals surface area contributed by atoms with E-state index in [2.05, 4.69) is 26.3 Å². The molecule has 4 rings (SSSR count). The summed E-state index contributed by atoms with van der Waals surface area (Å²) in [7, 11) is 0. The summed E-state index contributed by atoms with van der Waals surface area (Å²) in [6.07, 6.45) is 3.69. The van der Waals surface area contributed by atoms with Crippen LogP contribution < -0.4 is 21.3 Å². The van der Waals surface area contributed by atoms with Gasteiger partial charge in [0.2, 0.25) is 17.7 Å². The van der Waals surface area contributed by atoms with Gasteiger partial charge in [0, 0.05) is 29.9 Å². The minimum Gasteiger partial charge on any atom is -0.480 e. The maximum Gasteiger partial charge on any atom is 0.326 e. The fourth-order valence-corrected chi connectivity index (χ4v) is 4.64. The SMILES string of the molecule is CC(NC(=O)C(Cc1c[nH]c2ccccc12)NC(=O)C1CCCN1)C(=O)NC(Cc1ccccc1)C(=O)O. The van der Waals surface area contributed by atoms with Crippen LogP contribution in [0.3, 0.4) is 0 Å². The first-order valence-electron chi connectivity index (χ1n) is 12.8. The molecule has 38 heavy (non-hydrogen) atoms. The third kappa shape index (κ3) is 6.77. The van der Waals surface area contributed by atoms with Gasteiger partial charge in [0.05, 0.1) is 6.04 Å². The fourth-order valence-electron chi connectivity index (χ4n) is 4.64. The zero-order chi connectivity index (χ0) is 27.1. The Morgan fingerprint density at radius 2 is 1.66 bits per heavy atom. The largest absolute Gasteiger partial charge is 0.480 e. The van der Waals surface area contributed by atoms with Gasteiger partial charge in [-0.15, -0.1) is 0 Å². The molecule has 10 heteroatoms. The number of benzene rings is 2. The highest BCUT2D eigenvalue weighted by atomic mass is 16.4. The number of carbonyl (C=O) groups is 4. The Morgan fingerprint density at radius 1 is 0.921 bits per heavy atom. The summed E-state index contributed by atoms with van der Waals surface area (Å²) in [5.74, 6) is -2.60. The lowest BCUT2D eigenvalue weighted by atomic mass is 10.0. The van der Waals surface area contributed by atoms with E-state index < -0.39 is 35.9 Å². The lowest BCUT2D eigenvalue weighted by Gasteiger charge is -2.23. The monoisotopic (exact) mass is 519 g/mol. The minimum atomic E-state index is -1.17. The molecule has 1 aliphatic heterocycles. The van der Waals surface area contributed by atoms with Gasteiger partial charge in [-0.1, -0.05) is 48.5 Å². The van der Waals surface area contributed by atoms with Crippen LogP contribution in [0, 0.1) is 0 Å². The molecule has 1 aromatic heterocycles. The molecule has 3 amide bonds. The van der Waals surface area contributed by atoms with Crippen molar-refractivity contribution >= 4 is 34.6 Å². The standard InChI is InChI=1S/C28H33N5O5/c1-17(25(34)33-24(28(37)38)14-18-8-3-2-4-9-18)31-27(36)23(32-26(35)22-12-7-13-29-22)15-19-16-30-21-11-6-5-10-20(19)21/h2-6,8-11,16-17,22-24,29-30H,7,12-15H2,1H3,(H,31,36)(H,32,35)(H,33,34)(H,37,38). The number of aromatic nitrogens is 1. The molecule has 1 saturated heterocycles. The number of nitrogens with one attached hydrogen (secondary N) is 5. The highest BCUT2D eigenvalue weighted by molar-refractivity contribution is 5.94. The van der Waals surface area contributed by atoms with Gasteiger partial charge in [-0.25, -0.2) is 4.79 Å². The van der Waals surface area contributed by atoms with Crippen molar-refractivity contribution in [1.29, 1.82) is 0 Å². The number of hydrogen-bond donors (Lipinski definition) is 6. The lowest BCUT2D eigenvalue weighted by molar-refractivity contribution is -0.142. The summed E-state index contributed by atoms with van der Waals surface area (Å²) in [6.45, 7) is 2.22. The van der Waals surface area contributed by atoms with Gasteiger partial charge in [0.1, 0.15) is 18.1 Å².